The number of hydrogen-bond donors (Lipinski definition) is 1. The van der Waals surface area contributed by atoms with Gasteiger partial charge in [-0.15, -0.1) is 11.3 Å². The number of nitrogens with zero attached hydrogens (tertiary/aromatic N) is 2. The maximum atomic E-state index is 4.12. The van der Waals surface area contributed by atoms with E-state index in [2.05, 4.69) is 44.7 Å². The normalized spacial score (nSPS) is 12.7. The van der Waals surface area contributed by atoms with Gasteiger partial charge in [-0.3, -0.25) is 4.68 Å². The topological polar surface area (TPSA) is 29.9 Å². The average Bonchev–Trinajstić information content (AvgIpc) is 2.75. The second kappa shape index (κ2) is 4.37. The summed E-state index contributed by atoms with van der Waals surface area (Å²) in [6.45, 7) is 2.14. The van der Waals surface area contributed by atoms with Gasteiger partial charge in [0.25, 0.3) is 0 Å². The van der Waals surface area contributed by atoms with E-state index in [9.17, 15) is 0 Å². The van der Waals surface area contributed by atoms with Crippen molar-refractivity contribution < 1.29 is 0 Å². The van der Waals surface area contributed by atoms with Gasteiger partial charge in [0.15, 0.2) is 0 Å². The van der Waals surface area contributed by atoms with E-state index in [1.54, 1.807) is 16.0 Å². The van der Waals surface area contributed by atoms with Gasteiger partial charge in [-0.1, -0.05) is 0 Å². The molecule has 0 saturated heterocycles. The van der Waals surface area contributed by atoms with E-state index in [0.717, 1.165) is 10.2 Å². The standard InChI is InChI=1S/C10H12BrN3S/c1-7(10-3-8(11)6-15-10)13-9-4-12-14(2)5-9/h3-7,13H,1-2H3. The van der Waals surface area contributed by atoms with Crippen molar-refractivity contribution >= 4 is 33.0 Å². The molecular formula is C10H12BrN3S. The third-order valence-electron chi connectivity index (χ3n) is 2.10. The van der Waals surface area contributed by atoms with Crippen LogP contribution in [0, 0.1) is 0 Å². The third kappa shape index (κ3) is 2.60. The minimum absolute atomic E-state index is 0.311. The van der Waals surface area contributed by atoms with Gasteiger partial charge >= 0.3 is 0 Å². The number of thiophene rings is 1. The second-order valence-electron chi connectivity index (χ2n) is 3.44. The van der Waals surface area contributed by atoms with Crippen LogP contribution in [0.3, 0.4) is 0 Å². The molecule has 2 heterocycles. The fraction of sp³-hybridized carbons (Fsp3) is 0.300. The summed E-state index contributed by atoms with van der Waals surface area (Å²) in [7, 11) is 1.91. The molecule has 0 aromatic carbocycles. The zero-order chi connectivity index (χ0) is 10.8. The van der Waals surface area contributed by atoms with Gasteiger partial charge in [0.1, 0.15) is 0 Å². The summed E-state index contributed by atoms with van der Waals surface area (Å²) < 4.78 is 2.93. The first-order valence-corrected chi connectivity index (χ1v) is 6.31. The first-order valence-electron chi connectivity index (χ1n) is 4.64. The van der Waals surface area contributed by atoms with Crippen molar-refractivity contribution in [3.8, 4) is 0 Å². The van der Waals surface area contributed by atoms with Crippen LogP contribution in [0.25, 0.3) is 0 Å². The summed E-state index contributed by atoms with van der Waals surface area (Å²) in [4.78, 5) is 1.31. The Kier molecular flexibility index (Phi) is 3.11. The van der Waals surface area contributed by atoms with Crippen molar-refractivity contribution in [2.24, 2.45) is 7.05 Å². The van der Waals surface area contributed by atoms with Crippen LogP contribution in [0.5, 0.6) is 0 Å². The zero-order valence-corrected chi connectivity index (χ0v) is 11.0. The number of anilines is 1. The van der Waals surface area contributed by atoms with Gasteiger partial charge in [-0.25, -0.2) is 0 Å². The number of aryl methyl sites for hydroxylation is 1. The molecule has 5 heteroatoms. The lowest BCUT2D eigenvalue weighted by atomic mass is 10.3. The van der Waals surface area contributed by atoms with Crippen LogP contribution in [-0.4, -0.2) is 9.78 Å². The fourth-order valence-corrected chi connectivity index (χ4v) is 2.83. The van der Waals surface area contributed by atoms with Gasteiger partial charge in [-0.2, -0.15) is 5.10 Å². The van der Waals surface area contributed by atoms with E-state index >= 15 is 0 Å². The van der Waals surface area contributed by atoms with Gasteiger partial charge in [0.05, 0.1) is 17.9 Å². The monoisotopic (exact) mass is 285 g/mol. The molecule has 1 N–H and O–H groups in total. The molecule has 1 unspecified atom stereocenters. The number of hydrogen-bond acceptors (Lipinski definition) is 3. The van der Waals surface area contributed by atoms with Crippen molar-refractivity contribution in [2.45, 2.75) is 13.0 Å². The van der Waals surface area contributed by atoms with Gasteiger partial charge in [0, 0.05) is 28.0 Å². The summed E-state index contributed by atoms with van der Waals surface area (Å²) in [6.07, 6.45) is 3.80. The highest BCUT2D eigenvalue weighted by molar-refractivity contribution is 9.10. The number of aromatic nitrogens is 2. The molecule has 0 bridgehead atoms. The van der Waals surface area contributed by atoms with Crippen LogP contribution in [0.4, 0.5) is 5.69 Å². The summed E-state index contributed by atoms with van der Waals surface area (Å²) in [5, 5.41) is 9.61. The lowest BCUT2D eigenvalue weighted by Crippen LogP contribution is -2.03. The molecule has 0 spiro atoms. The first kappa shape index (κ1) is 10.7. The molecule has 0 aliphatic heterocycles. The molecule has 0 aliphatic carbocycles. The molecule has 0 fully saturated rings. The second-order valence-corrected chi connectivity index (χ2v) is 5.29. The predicted molar refractivity (Wildman–Crippen MR) is 67.3 cm³/mol. The van der Waals surface area contributed by atoms with Crippen molar-refractivity contribution in [3.63, 3.8) is 0 Å². The summed E-state index contributed by atoms with van der Waals surface area (Å²) in [5.74, 6) is 0. The molecule has 1 atom stereocenters. The number of halogens is 1. The Labute approximate surface area is 101 Å². The van der Waals surface area contributed by atoms with E-state index in [4.69, 9.17) is 0 Å². The molecule has 3 nitrogen and oxygen atoms in total. The maximum Gasteiger partial charge on any atom is 0.0731 e. The van der Waals surface area contributed by atoms with E-state index in [0.29, 0.717) is 6.04 Å². The van der Waals surface area contributed by atoms with Crippen LogP contribution in [0.1, 0.15) is 17.8 Å². The molecule has 0 radical (unpaired) electrons. The fourth-order valence-electron chi connectivity index (χ4n) is 1.37. The molecule has 2 aromatic heterocycles. The highest BCUT2D eigenvalue weighted by Gasteiger charge is 2.08. The van der Waals surface area contributed by atoms with E-state index in [1.165, 1.54) is 4.88 Å². The Bertz CT molecular complexity index is 449. The summed E-state index contributed by atoms with van der Waals surface area (Å²) >= 11 is 5.20. The Balaban J connectivity index is 2.06. The van der Waals surface area contributed by atoms with Crippen LogP contribution in [0.2, 0.25) is 0 Å². The highest BCUT2D eigenvalue weighted by atomic mass is 79.9. The number of rotatable bonds is 3. The lowest BCUT2D eigenvalue weighted by molar-refractivity contribution is 0.767. The van der Waals surface area contributed by atoms with Crippen molar-refractivity contribution in [2.75, 3.05) is 5.32 Å². The predicted octanol–water partition coefficient (Wildman–Crippen LogP) is 3.42. The first-order chi connectivity index (χ1) is 7.15. The molecule has 0 saturated carbocycles. The molecule has 80 valence electrons. The Morgan fingerprint density at radius 1 is 1.60 bits per heavy atom. The van der Waals surface area contributed by atoms with Crippen molar-refractivity contribution in [1.29, 1.82) is 0 Å². The van der Waals surface area contributed by atoms with Crippen molar-refractivity contribution in [3.05, 3.63) is 33.2 Å². The maximum absolute atomic E-state index is 4.12. The lowest BCUT2D eigenvalue weighted by Gasteiger charge is -2.10. The van der Waals surface area contributed by atoms with E-state index in [-0.39, 0.29) is 0 Å². The highest BCUT2D eigenvalue weighted by Crippen LogP contribution is 2.27. The zero-order valence-electron chi connectivity index (χ0n) is 8.57. The Hall–Kier alpha value is -0.810. The summed E-state index contributed by atoms with van der Waals surface area (Å²) in [5.41, 5.74) is 1.05. The molecule has 0 aliphatic rings. The molecule has 2 rings (SSSR count). The smallest absolute Gasteiger partial charge is 0.0731 e. The Morgan fingerprint density at radius 3 is 2.93 bits per heavy atom. The molecule has 0 amide bonds. The van der Waals surface area contributed by atoms with Crippen LogP contribution in [0.15, 0.2) is 28.3 Å². The molecular weight excluding hydrogens is 274 g/mol. The van der Waals surface area contributed by atoms with E-state index < -0.39 is 0 Å². The van der Waals surface area contributed by atoms with Crippen LogP contribution >= 0.6 is 27.3 Å². The minimum Gasteiger partial charge on any atom is -0.375 e. The van der Waals surface area contributed by atoms with E-state index in [1.807, 2.05) is 19.4 Å². The number of nitrogens with one attached hydrogen (secondary N) is 1. The average molecular weight is 286 g/mol. The van der Waals surface area contributed by atoms with Gasteiger partial charge in [-0.05, 0) is 28.9 Å². The van der Waals surface area contributed by atoms with Gasteiger partial charge < -0.3 is 5.32 Å². The van der Waals surface area contributed by atoms with Crippen molar-refractivity contribution in [1.82, 2.24) is 9.78 Å². The van der Waals surface area contributed by atoms with Gasteiger partial charge in [0.2, 0.25) is 0 Å². The largest absolute Gasteiger partial charge is 0.375 e. The SMILES string of the molecule is CC(Nc1cnn(C)c1)c1cc(Br)cs1. The minimum atomic E-state index is 0.311. The third-order valence-corrected chi connectivity index (χ3v) is 3.98. The molecule has 15 heavy (non-hydrogen) atoms. The molecule has 2 aromatic rings. The van der Waals surface area contributed by atoms with Crippen LogP contribution in [-0.2, 0) is 7.05 Å². The Morgan fingerprint density at radius 2 is 2.40 bits per heavy atom. The summed E-state index contributed by atoms with van der Waals surface area (Å²) in [6, 6.07) is 2.45. The van der Waals surface area contributed by atoms with Crippen LogP contribution < -0.4 is 5.32 Å². The quantitative estimate of drug-likeness (QED) is 0.937.